The van der Waals surface area contributed by atoms with Crippen molar-refractivity contribution in [1.82, 2.24) is 4.90 Å². The van der Waals surface area contributed by atoms with Crippen LogP contribution in [0.1, 0.15) is 16.5 Å². The molecule has 0 spiro atoms. The molecule has 0 N–H and O–H groups in total. The van der Waals surface area contributed by atoms with Crippen molar-refractivity contribution < 1.29 is 4.74 Å². The molecule has 3 heteroatoms. The maximum absolute atomic E-state index is 5.50. The minimum absolute atomic E-state index is 0.412. The Kier molecular flexibility index (Phi) is 5.33. The monoisotopic (exact) mass is 299 g/mol. The zero-order chi connectivity index (χ0) is 14.3. The highest BCUT2D eigenvalue weighted by atomic mass is 32.2. The summed E-state index contributed by atoms with van der Waals surface area (Å²) in [5, 5.41) is 0.412. The van der Waals surface area contributed by atoms with Gasteiger partial charge in [-0.15, -0.1) is 11.8 Å². The standard InChI is InChI=1S/C18H21NOS/c1-3-7-16(8-4-1)15-21-18(17-9-5-2-6-10-17)19-11-13-20-14-12-19/h1-10,18H,11-15H2. The maximum Gasteiger partial charge on any atom is 0.0819 e. The lowest BCUT2D eigenvalue weighted by Gasteiger charge is -2.34. The summed E-state index contributed by atoms with van der Waals surface area (Å²) in [7, 11) is 0. The third-order valence-electron chi connectivity index (χ3n) is 3.71. The number of morpholine rings is 1. The third-order valence-corrected chi connectivity index (χ3v) is 5.10. The second-order valence-electron chi connectivity index (χ2n) is 5.21. The summed E-state index contributed by atoms with van der Waals surface area (Å²) in [5.41, 5.74) is 2.78. The molecule has 1 aliphatic rings. The molecule has 0 radical (unpaired) electrons. The van der Waals surface area contributed by atoms with Crippen LogP contribution in [0.2, 0.25) is 0 Å². The lowest BCUT2D eigenvalue weighted by Crippen LogP contribution is -2.38. The summed E-state index contributed by atoms with van der Waals surface area (Å²) in [6, 6.07) is 21.5. The normalized spacial score (nSPS) is 17.5. The number of hydrogen-bond donors (Lipinski definition) is 0. The van der Waals surface area contributed by atoms with Gasteiger partial charge >= 0.3 is 0 Å². The smallest absolute Gasteiger partial charge is 0.0819 e. The van der Waals surface area contributed by atoms with Crippen molar-refractivity contribution >= 4 is 11.8 Å². The Morgan fingerprint density at radius 1 is 0.905 bits per heavy atom. The van der Waals surface area contributed by atoms with Crippen molar-refractivity contribution in [1.29, 1.82) is 0 Å². The van der Waals surface area contributed by atoms with Gasteiger partial charge in [0.1, 0.15) is 0 Å². The summed E-state index contributed by atoms with van der Waals surface area (Å²) in [6.45, 7) is 3.72. The van der Waals surface area contributed by atoms with Gasteiger partial charge in [0.15, 0.2) is 0 Å². The molecular weight excluding hydrogens is 278 g/mol. The van der Waals surface area contributed by atoms with Gasteiger partial charge < -0.3 is 4.74 Å². The van der Waals surface area contributed by atoms with E-state index in [1.165, 1.54) is 11.1 Å². The van der Waals surface area contributed by atoms with Crippen LogP contribution < -0.4 is 0 Å². The van der Waals surface area contributed by atoms with E-state index < -0.39 is 0 Å². The van der Waals surface area contributed by atoms with E-state index in [4.69, 9.17) is 4.74 Å². The fraction of sp³-hybridized carbons (Fsp3) is 0.333. The number of rotatable bonds is 5. The Labute approximate surface area is 131 Å². The van der Waals surface area contributed by atoms with E-state index >= 15 is 0 Å². The Morgan fingerprint density at radius 2 is 1.52 bits per heavy atom. The van der Waals surface area contributed by atoms with Crippen LogP contribution >= 0.6 is 11.8 Å². The number of hydrogen-bond acceptors (Lipinski definition) is 3. The summed E-state index contributed by atoms with van der Waals surface area (Å²) >= 11 is 2.00. The molecule has 1 saturated heterocycles. The van der Waals surface area contributed by atoms with Gasteiger partial charge in [-0.05, 0) is 11.1 Å². The van der Waals surface area contributed by atoms with Crippen LogP contribution in [0.25, 0.3) is 0 Å². The van der Waals surface area contributed by atoms with Gasteiger partial charge in [0, 0.05) is 18.8 Å². The van der Waals surface area contributed by atoms with Crippen molar-refractivity contribution in [2.45, 2.75) is 11.1 Å². The van der Waals surface area contributed by atoms with Gasteiger partial charge in [0.05, 0.1) is 18.6 Å². The van der Waals surface area contributed by atoms with E-state index in [0.717, 1.165) is 32.1 Å². The van der Waals surface area contributed by atoms with Crippen LogP contribution in [0.4, 0.5) is 0 Å². The first-order valence-electron chi connectivity index (χ1n) is 7.46. The van der Waals surface area contributed by atoms with E-state index in [-0.39, 0.29) is 0 Å². The zero-order valence-corrected chi connectivity index (χ0v) is 13.0. The number of benzene rings is 2. The minimum Gasteiger partial charge on any atom is -0.379 e. The quantitative estimate of drug-likeness (QED) is 0.829. The number of nitrogens with zero attached hydrogens (tertiary/aromatic N) is 1. The van der Waals surface area contributed by atoms with Crippen molar-refractivity contribution in [3.8, 4) is 0 Å². The van der Waals surface area contributed by atoms with Gasteiger partial charge in [0.25, 0.3) is 0 Å². The molecule has 1 unspecified atom stereocenters. The molecule has 0 bridgehead atoms. The molecule has 2 aromatic rings. The van der Waals surface area contributed by atoms with E-state index in [9.17, 15) is 0 Å². The Morgan fingerprint density at radius 3 is 2.19 bits per heavy atom. The lowest BCUT2D eigenvalue weighted by molar-refractivity contribution is 0.0324. The van der Waals surface area contributed by atoms with Crippen LogP contribution in [0.15, 0.2) is 60.7 Å². The van der Waals surface area contributed by atoms with E-state index in [1.807, 2.05) is 11.8 Å². The second kappa shape index (κ2) is 7.64. The van der Waals surface area contributed by atoms with E-state index in [2.05, 4.69) is 65.6 Å². The van der Waals surface area contributed by atoms with Crippen molar-refractivity contribution in [3.63, 3.8) is 0 Å². The highest BCUT2D eigenvalue weighted by molar-refractivity contribution is 7.98. The Hall–Kier alpha value is -1.29. The van der Waals surface area contributed by atoms with Crippen LogP contribution in [0, 0.1) is 0 Å². The molecular formula is C18H21NOS. The highest BCUT2D eigenvalue weighted by Crippen LogP contribution is 2.35. The van der Waals surface area contributed by atoms with E-state index in [1.54, 1.807) is 0 Å². The van der Waals surface area contributed by atoms with Crippen molar-refractivity contribution in [3.05, 3.63) is 71.8 Å². The number of ether oxygens (including phenoxy) is 1. The minimum atomic E-state index is 0.412. The van der Waals surface area contributed by atoms with Crippen LogP contribution in [-0.4, -0.2) is 31.2 Å². The fourth-order valence-corrected chi connectivity index (χ4v) is 3.91. The molecule has 1 heterocycles. The summed E-state index contributed by atoms with van der Waals surface area (Å²) in [6.07, 6.45) is 0. The molecule has 0 aromatic heterocycles. The topological polar surface area (TPSA) is 12.5 Å². The van der Waals surface area contributed by atoms with E-state index in [0.29, 0.717) is 5.37 Å². The van der Waals surface area contributed by atoms with Crippen molar-refractivity contribution in [2.75, 3.05) is 26.3 Å². The van der Waals surface area contributed by atoms with Crippen LogP contribution in [-0.2, 0) is 10.5 Å². The summed E-state index contributed by atoms with van der Waals surface area (Å²) in [4.78, 5) is 2.53. The zero-order valence-electron chi connectivity index (χ0n) is 12.2. The molecule has 1 aliphatic heterocycles. The highest BCUT2D eigenvalue weighted by Gasteiger charge is 2.22. The molecule has 110 valence electrons. The number of thioether (sulfide) groups is 1. The molecule has 21 heavy (non-hydrogen) atoms. The summed E-state index contributed by atoms with van der Waals surface area (Å²) < 4.78 is 5.50. The third kappa shape index (κ3) is 4.10. The van der Waals surface area contributed by atoms with Gasteiger partial charge in [-0.3, -0.25) is 4.90 Å². The predicted octanol–water partition coefficient (Wildman–Crippen LogP) is 3.95. The van der Waals surface area contributed by atoms with Crippen LogP contribution in [0.3, 0.4) is 0 Å². The molecule has 0 saturated carbocycles. The second-order valence-corrected chi connectivity index (χ2v) is 6.28. The molecule has 2 nitrogen and oxygen atoms in total. The van der Waals surface area contributed by atoms with Gasteiger partial charge in [-0.1, -0.05) is 60.7 Å². The first kappa shape index (κ1) is 14.6. The Balaban J connectivity index is 1.72. The maximum atomic E-state index is 5.50. The molecule has 1 fully saturated rings. The first-order valence-corrected chi connectivity index (χ1v) is 8.50. The fourth-order valence-electron chi connectivity index (χ4n) is 2.59. The van der Waals surface area contributed by atoms with Crippen molar-refractivity contribution in [2.24, 2.45) is 0 Å². The molecule has 0 amide bonds. The molecule has 0 aliphatic carbocycles. The van der Waals surface area contributed by atoms with Gasteiger partial charge in [-0.2, -0.15) is 0 Å². The largest absolute Gasteiger partial charge is 0.379 e. The average molecular weight is 299 g/mol. The molecule has 1 atom stereocenters. The predicted molar refractivity (Wildman–Crippen MR) is 89.3 cm³/mol. The van der Waals surface area contributed by atoms with Crippen LogP contribution in [0.5, 0.6) is 0 Å². The average Bonchev–Trinajstić information content (AvgIpc) is 2.58. The summed E-state index contributed by atoms with van der Waals surface area (Å²) in [5.74, 6) is 1.04. The van der Waals surface area contributed by atoms with Gasteiger partial charge in [-0.25, -0.2) is 0 Å². The lowest BCUT2D eigenvalue weighted by atomic mass is 10.2. The molecule has 2 aromatic carbocycles. The first-order chi connectivity index (χ1) is 10.4. The SMILES string of the molecule is c1ccc(CSC(c2ccccc2)N2CCOCC2)cc1. The Bertz CT molecular complexity index is 525. The van der Waals surface area contributed by atoms with Gasteiger partial charge in [0.2, 0.25) is 0 Å². The molecule has 3 rings (SSSR count).